The van der Waals surface area contributed by atoms with Gasteiger partial charge in [0.2, 0.25) is 0 Å². The van der Waals surface area contributed by atoms with Crippen LogP contribution in [-0.4, -0.2) is 25.4 Å². The van der Waals surface area contributed by atoms with Gasteiger partial charge in [-0.2, -0.15) is 0 Å². The second kappa shape index (κ2) is 5.27. The van der Waals surface area contributed by atoms with Gasteiger partial charge in [-0.1, -0.05) is 0 Å². The molecule has 1 amide bonds. The molecule has 1 aromatic rings. The number of rotatable bonds is 6. The standard InChI is InChI=1S/C12H16ClNO2S/c1-16-9-2-7-17-10(9)11(15)14-8-12(3-4-12)5-6-13/h2,7H,3-6,8H2,1H3,(H,14,15). The quantitative estimate of drug-likeness (QED) is 0.810. The van der Waals surface area contributed by atoms with E-state index in [0.29, 0.717) is 16.5 Å². The van der Waals surface area contributed by atoms with Gasteiger partial charge in [-0.15, -0.1) is 22.9 Å². The predicted molar refractivity (Wildman–Crippen MR) is 70.2 cm³/mol. The van der Waals surface area contributed by atoms with Crippen LogP contribution < -0.4 is 10.1 Å². The highest BCUT2D eigenvalue weighted by Gasteiger charge is 2.41. The number of hydrogen-bond acceptors (Lipinski definition) is 3. The van der Waals surface area contributed by atoms with E-state index in [1.54, 1.807) is 7.11 Å². The van der Waals surface area contributed by atoms with Crippen molar-refractivity contribution in [1.82, 2.24) is 5.32 Å². The molecule has 94 valence electrons. The molecule has 1 aliphatic rings. The fourth-order valence-corrected chi connectivity index (χ4v) is 3.04. The number of nitrogens with one attached hydrogen (secondary N) is 1. The Kier molecular flexibility index (Phi) is 3.94. The number of carbonyl (C=O) groups is 1. The molecule has 1 heterocycles. The molecule has 1 aromatic heterocycles. The number of methoxy groups -OCH3 is 1. The van der Waals surface area contributed by atoms with E-state index in [9.17, 15) is 4.79 Å². The van der Waals surface area contributed by atoms with E-state index in [1.165, 1.54) is 24.2 Å². The van der Waals surface area contributed by atoms with Gasteiger partial charge in [0.25, 0.3) is 5.91 Å². The van der Waals surface area contributed by atoms with Crippen LogP contribution in [0.1, 0.15) is 28.9 Å². The zero-order chi connectivity index (χ0) is 12.3. The fraction of sp³-hybridized carbons (Fsp3) is 0.583. The number of ether oxygens (including phenoxy) is 1. The highest BCUT2D eigenvalue weighted by atomic mass is 35.5. The molecule has 0 unspecified atom stereocenters. The number of amides is 1. The number of thiophene rings is 1. The number of hydrogen-bond donors (Lipinski definition) is 1. The van der Waals surface area contributed by atoms with Crippen molar-refractivity contribution in [3.05, 3.63) is 16.3 Å². The zero-order valence-corrected chi connectivity index (χ0v) is 11.4. The van der Waals surface area contributed by atoms with Crippen molar-refractivity contribution in [2.24, 2.45) is 5.41 Å². The number of halogens is 1. The lowest BCUT2D eigenvalue weighted by Gasteiger charge is -2.14. The maximum Gasteiger partial charge on any atom is 0.265 e. The van der Waals surface area contributed by atoms with Gasteiger partial charge in [0.1, 0.15) is 10.6 Å². The summed E-state index contributed by atoms with van der Waals surface area (Å²) in [5.41, 5.74) is 0.266. The lowest BCUT2D eigenvalue weighted by atomic mass is 10.0. The number of carbonyl (C=O) groups excluding carboxylic acids is 1. The van der Waals surface area contributed by atoms with Gasteiger partial charge in [-0.3, -0.25) is 4.79 Å². The molecule has 0 aliphatic heterocycles. The summed E-state index contributed by atoms with van der Waals surface area (Å²) in [4.78, 5) is 12.6. The van der Waals surface area contributed by atoms with Gasteiger partial charge in [0.15, 0.2) is 0 Å². The summed E-state index contributed by atoms with van der Waals surface area (Å²) in [6.45, 7) is 0.722. The highest BCUT2D eigenvalue weighted by Crippen LogP contribution is 2.48. The zero-order valence-electron chi connectivity index (χ0n) is 9.79. The van der Waals surface area contributed by atoms with Gasteiger partial charge >= 0.3 is 0 Å². The largest absolute Gasteiger partial charge is 0.495 e. The van der Waals surface area contributed by atoms with Gasteiger partial charge in [-0.05, 0) is 36.1 Å². The summed E-state index contributed by atoms with van der Waals surface area (Å²) in [6.07, 6.45) is 3.32. The van der Waals surface area contributed by atoms with E-state index < -0.39 is 0 Å². The molecule has 0 spiro atoms. The monoisotopic (exact) mass is 273 g/mol. The smallest absolute Gasteiger partial charge is 0.265 e. The van der Waals surface area contributed by atoms with Crippen molar-refractivity contribution < 1.29 is 9.53 Å². The average molecular weight is 274 g/mol. The summed E-state index contributed by atoms with van der Waals surface area (Å²) < 4.78 is 5.13. The van der Waals surface area contributed by atoms with Crippen LogP contribution >= 0.6 is 22.9 Å². The topological polar surface area (TPSA) is 38.3 Å². The Morgan fingerprint density at radius 1 is 1.65 bits per heavy atom. The lowest BCUT2D eigenvalue weighted by molar-refractivity contribution is 0.0946. The molecule has 5 heteroatoms. The van der Waals surface area contributed by atoms with Crippen LogP contribution in [0.15, 0.2) is 11.4 Å². The third-order valence-electron chi connectivity index (χ3n) is 3.26. The molecular weight excluding hydrogens is 258 g/mol. The first kappa shape index (κ1) is 12.7. The second-order valence-electron chi connectivity index (χ2n) is 4.44. The molecule has 0 aromatic carbocycles. The average Bonchev–Trinajstić information content (AvgIpc) is 2.93. The first-order valence-corrected chi connectivity index (χ1v) is 7.08. The Labute approximate surface area is 110 Å². The van der Waals surface area contributed by atoms with Crippen molar-refractivity contribution in [3.8, 4) is 5.75 Å². The summed E-state index contributed by atoms with van der Waals surface area (Å²) in [6, 6.07) is 1.81. The van der Waals surface area contributed by atoms with E-state index in [4.69, 9.17) is 16.3 Å². The molecule has 1 fully saturated rings. The minimum atomic E-state index is -0.0438. The molecule has 0 radical (unpaired) electrons. The van der Waals surface area contributed by atoms with Crippen LogP contribution in [-0.2, 0) is 0 Å². The maximum atomic E-state index is 12.0. The van der Waals surface area contributed by atoms with Crippen LogP contribution in [0.4, 0.5) is 0 Å². The molecule has 1 N–H and O–H groups in total. The minimum Gasteiger partial charge on any atom is -0.495 e. The third-order valence-corrected chi connectivity index (χ3v) is 4.34. The van der Waals surface area contributed by atoms with Crippen molar-refractivity contribution >= 4 is 28.8 Å². The number of alkyl halides is 1. The molecule has 2 rings (SSSR count). The first-order chi connectivity index (χ1) is 8.21. The summed E-state index contributed by atoms with van der Waals surface area (Å²) in [7, 11) is 1.58. The van der Waals surface area contributed by atoms with Crippen LogP contribution in [0.3, 0.4) is 0 Å². The van der Waals surface area contributed by atoms with E-state index in [-0.39, 0.29) is 11.3 Å². The molecule has 3 nitrogen and oxygen atoms in total. The van der Waals surface area contributed by atoms with Gasteiger partial charge in [-0.25, -0.2) is 0 Å². The fourth-order valence-electron chi connectivity index (χ4n) is 1.86. The van der Waals surface area contributed by atoms with Gasteiger partial charge in [0, 0.05) is 12.4 Å². The molecule has 1 aliphatic carbocycles. The van der Waals surface area contributed by atoms with Crippen LogP contribution in [0.2, 0.25) is 0 Å². The molecule has 0 saturated heterocycles. The highest BCUT2D eigenvalue weighted by molar-refractivity contribution is 7.12. The predicted octanol–water partition coefficient (Wildman–Crippen LogP) is 2.90. The Hall–Kier alpha value is -0.740. The van der Waals surface area contributed by atoms with E-state index in [0.717, 1.165) is 13.0 Å². The van der Waals surface area contributed by atoms with Crippen molar-refractivity contribution in [2.45, 2.75) is 19.3 Å². The Morgan fingerprint density at radius 3 is 3.00 bits per heavy atom. The summed E-state index contributed by atoms with van der Waals surface area (Å²) >= 11 is 7.16. The second-order valence-corrected chi connectivity index (χ2v) is 5.73. The summed E-state index contributed by atoms with van der Waals surface area (Å²) in [5.74, 6) is 1.27. The molecule has 17 heavy (non-hydrogen) atoms. The Bertz CT molecular complexity index is 401. The van der Waals surface area contributed by atoms with E-state index >= 15 is 0 Å². The summed E-state index contributed by atoms with van der Waals surface area (Å²) in [5, 5.41) is 4.84. The van der Waals surface area contributed by atoms with Crippen LogP contribution in [0.5, 0.6) is 5.75 Å². The van der Waals surface area contributed by atoms with E-state index in [2.05, 4.69) is 5.32 Å². The molecule has 1 saturated carbocycles. The van der Waals surface area contributed by atoms with Crippen molar-refractivity contribution in [2.75, 3.05) is 19.5 Å². The van der Waals surface area contributed by atoms with Crippen molar-refractivity contribution in [1.29, 1.82) is 0 Å². The Morgan fingerprint density at radius 2 is 2.41 bits per heavy atom. The van der Waals surface area contributed by atoms with Gasteiger partial charge < -0.3 is 10.1 Å². The Balaban J connectivity index is 1.90. The maximum absolute atomic E-state index is 12.0. The first-order valence-electron chi connectivity index (χ1n) is 5.66. The van der Waals surface area contributed by atoms with Crippen LogP contribution in [0, 0.1) is 5.41 Å². The normalized spacial score (nSPS) is 16.6. The van der Waals surface area contributed by atoms with Gasteiger partial charge in [0.05, 0.1) is 7.11 Å². The lowest BCUT2D eigenvalue weighted by Crippen LogP contribution is -2.30. The minimum absolute atomic E-state index is 0.0438. The van der Waals surface area contributed by atoms with Crippen LogP contribution in [0.25, 0.3) is 0 Å². The molecule has 0 atom stereocenters. The molecular formula is C12H16ClNO2S. The SMILES string of the molecule is COc1ccsc1C(=O)NCC1(CCCl)CC1. The third kappa shape index (κ3) is 2.93. The molecule has 0 bridgehead atoms. The van der Waals surface area contributed by atoms with E-state index in [1.807, 2.05) is 11.4 Å². The van der Waals surface area contributed by atoms with Crippen molar-refractivity contribution in [3.63, 3.8) is 0 Å².